The Bertz CT molecular complexity index is 745. The van der Waals surface area contributed by atoms with E-state index in [1.807, 2.05) is 35.6 Å². The summed E-state index contributed by atoms with van der Waals surface area (Å²) in [5.74, 6) is 0.848. The Balaban J connectivity index is 1.56. The molecule has 0 saturated carbocycles. The number of nitrogens with zero attached hydrogens (tertiary/aromatic N) is 2. The average molecular weight is 421 g/mol. The molecular formula is C21H29ClN4OS. The minimum absolute atomic E-state index is 0.116. The number of rotatable bonds is 7. The van der Waals surface area contributed by atoms with Crippen LogP contribution in [0.15, 0.2) is 46.8 Å². The summed E-state index contributed by atoms with van der Waals surface area (Å²) in [7, 11) is 1.71. The maximum absolute atomic E-state index is 6.12. The Labute approximate surface area is 176 Å². The number of hydrogen-bond donors (Lipinski definition) is 2. The highest BCUT2D eigenvalue weighted by Gasteiger charge is 2.21. The Morgan fingerprint density at radius 3 is 2.79 bits per heavy atom. The molecule has 7 heteroatoms. The van der Waals surface area contributed by atoms with Crippen molar-refractivity contribution in [2.75, 3.05) is 38.2 Å². The van der Waals surface area contributed by atoms with Crippen LogP contribution in [0.25, 0.3) is 0 Å². The molecule has 152 valence electrons. The van der Waals surface area contributed by atoms with Gasteiger partial charge < -0.3 is 20.3 Å². The van der Waals surface area contributed by atoms with Gasteiger partial charge in [0.2, 0.25) is 0 Å². The number of benzene rings is 1. The largest absolute Gasteiger partial charge is 0.375 e. The van der Waals surface area contributed by atoms with E-state index in [0.29, 0.717) is 17.6 Å². The predicted octanol–water partition coefficient (Wildman–Crippen LogP) is 4.31. The molecule has 1 fully saturated rings. The molecule has 0 amide bonds. The zero-order chi connectivity index (χ0) is 19.8. The molecule has 1 atom stereocenters. The van der Waals surface area contributed by atoms with Gasteiger partial charge in [-0.2, -0.15) is 0 Å². The first kappa shape index (κ1) is 21.0. The van der Waals surface area contributed by atoms with E-state index in [0.717, 1.165) is 44.0 Å². The summed E-state index contributed by atoms with van der Waals surface area (Å²) in [4.78, 5) is 7.23. The second kappa shape index (κ2) is 10.7. The lowest BCUT2D eigenvalue weighted by Crippen LogP contribution is -2.48. The van der Waals surface area contributed by atoms with Crippen LogP contribution in [0, 0.1) is 0 Å². The summed E-state index contributed by atoms with van der Waals surface area (Å²) in [6, 6.07) is 12.5. The van der Waals surface area contributed by atoms with Crippen molar-refractivity contribution < 1.29 is 4.74 Å². The number of thiophene rings is 1. The van der Waals surface area contributed by atoms with Gasteiger partial charge in [-0.05, 0) is 55.0 Å². The molecule has 2 aromatic rings. The molecule has 28 heavy (non-hydrogen) atoms. The molecule has 1 aromatic carbocycles. The first-order valence-corrected chi connectivity index (χ1v) is 11.1. The average Bonchev–Trinajstić information content (AvgIpc) is 3.24. The maximum Gasteiger partial charge on any atom is 0.191 e. The van der Waals surface area contributed by atoms with Crippen molar-refractivity contribution in [3.05, 3.63) is 52.4 Å². The Kier molecular flexibility index (Phi) is 8.01. The number of hydrogen-bond acceptors (Lipinski definition) is 4. The number of methoxy groups -OCH3 is 1. The van der Waals surface area contributed by atoms with Crippen LogP contribution in [-0.2, 0) is 4.74 Å². The van der Waals surface area contributed by atoms with Crippen molar-refractivity contribution in [1.82, 2.24) is 10.6 Å². The van der Waals surface area contributed by atoms with E-state index in [-0.39, 0.29) is 6.10 Å². The van der Waals surface area contributed by atoms with E-state index in [1.165, 1.54) is 5.00 Å². The van der Waals surface area contributed by atoms with Gasteiger partial charge in [0.1, 0.15) is 6.10 Å². The Hall–Kier alpha value is -1.76. The van der Waals surface area contributed by atoms with Gasteiger partial charge in [0.25, 0.3) is 0 Å². The fourth-order valence-electron chi connectivity index (χ4n) is 3.40. The summed E-state index contributed by atoms with van der Waals surface area (Å²) < 4.78 is 5.64. The van der Waals surface area contributed by atoms with Gasteiger partial charge in [0.15, 0.2) is 5.96 Å². The maximum atomic E-state index is 6.12. The van der Waals surface area contributed by atoms with Crippen LogP contribution >= 0.6 is 22.9 Å². The summed E-state index contributed by atoms with van der Waals surface area (Å²) >= 11 is 7.93. The van der Waals surface area contributed by atoms with Crippen LogP contribution in [0.5, 0.6) is 0 Å². The number of ether oxygens (including phenoxy) is 1. The molecule has 0 radical (unpaired) electrons. The van der Waals surface area contributed by atoms with Crippen LogP contribution in [0.1, 0.15) is 31.4 Å². The summed E-state index contributed by atoms with van der Waals surface area (Å²) in [5.41, 5.74) is 1.04. The molecule has 1 aromatic heterocycles. The number of anilines is 1. The number of piperidine rings is 1. The summed E-state index contributed by atoms with van der Waals surface area (Å²) in [5, 5.41) is 11.2. The summed E-state index contributed by atoms with van der Waals surface area (Å²) in [6.45, 7) is 5.60. The van der Waals surface area contributed by atoms with Crippen molar-refractivity contribution in [3.63, 3.8) is 0 Å². The quantitative estimate of drug-likeness (QED) is 0.517. The highest BCUT2D eigenvalue weighted by Crippen LogP contribution is 2.25. The van der Waals surface area contributed by atoms with E-state index in [2.05, 4.69) is 40.0 Å². The zero-order valence-corrected chi connectivity index (χ0v) is 18.1. The van der Waals surface area contributed by atoms with Crippen molar-refractivity contribution in [1.29, 1.82) is 0 Å². The van der Waals surface area contributed by atoms with E-state index in [1.54, 1.807) is 7.11 Å². The first-order chi connectivity index (χ1) is 13.7. The second-order valence-electron chi connectivity index (χ2n) is 6.86. The minimum Gasteiger partial charge on any atom is -0.375 e. The first-order valence-electron chi connectivity index (χ1n) is 9.81. The number of nitrogens with one attached hydrogen (secondary N) is 2. The second-order valence-corrected chi connectivity index (χ2v) is 8.22. The van der Waals surface area contributed by atoms with Gasteiger partial charge in [-0.3, -0.25) is 4.99 Å². The zero-order valence-electron chi connectivity index (χ0n) is 16.5. The van der Waals surface area contributed by atoms with Crippen LogP contribution in [-0.4, -0.2) is 45.3 Å². The van der Waals surface area contributed by atoms with Gasteiger partial charge in [0.05, 0.1) is 11.5 Å². The van der Waals surface area contributed by atoms with Crippen molar-refractivity contribution in [2.24, 2.45) is 4.99 Å². The molecule has 3 rings (SSSR count). The lowest BCUT2D eigenvalue weighted by atomic mass is 10.1. The van der Waals surface area contributed by atoms with Crippen molar-refractivity contribution in [3.8, 4) is 0 Å². The lowest BCUT2D eigenvalue weighted by molar-refractivity contribution is 0.111. The Morgan fingerprint density at radius 2 is 2.14 bits per heavy atom. The SMILES string of the molecule is CCNC(=NCC(OC)c1cccc(Cl)c1)NC1CCN(c2cccs2)CC1. The molecule has 1 aliphatic heterocycles. The van der Waals surface area contributed by atoms with Crippen LogP contribution in [0.4, 0.5) is 5.00 Å². The van der Waals surface area contributed by atoms with Gasteiger partial charge in [-0.1, -0.05) is 23.7 Å². The fraction of sp³-hybridized carbons (Fsp3) is 0.476. The summed E-state index contributed by atoms with van der Waals surface area (Å²) in [6.07, 6.45) is 2.09. The van der Waals surface area contributed by atoms with Crippen molar-refractivity contribution >= 4 is 33.9 Å². The molecule has 5 nitrogen and oxygen atoms in total. The van der Waals surface area contributed by atoms with E-state index in [4.69, 9.17) is 21.3 Å². The highest BCUT2D eigenvalue weighted by molar-refractivity contribution is 7.14. The van der Waals surface area contributed by atoms with Crippen LogP contribution in [0.2, 0.25) is 5.02 Å². The van der Waals surface area contributed by atoms with Gasteiger partial charge in [0, 0.05) is 37.8 Å². The third-order valence-electron chi connectivity index (χ3n) is 4.92. The van der Waals surface area contributed by atoms with Crippen molar-refractivity contribution in [2.45, 2.75) is 31.9 Å². The molecule has 1 saturated heterocycles. The van der Waals surface area contributed by atoms with Gasteiger partial charge in [-0.15, -0.1) is 11.3 Å². The number of aliphatic imine (C=N–C) groups is 1. The van der Waals surface area contributed by atoms with Crippen LogP contribution in [0.3, 0.4) is 0 Å². The third-order valence-corrected chi connectivity index (χ3v) is 6.08. The molecular weight excluding hydrogens is 392 g/mol. The molecule has 0 spiro atoms. The molecule has 1 unspecified atom stereocenters. The molecule has 0 bridgehead atoms. The third kappa shape index (κ3) is 5.87. The Morgan fingerprint density at radius 1 is 1.32 bits per heavy atom. The van der Waals surface area contributed by atoms with Gasteiger partial charge >= 0.3 is 0 Å². The number of guanidine groups is 1. The van der Waals surface area contributed by atoms with E-state index < -0.39 is 0 Å². The molecule has 2 N–H and O–H groups in total. The van der Waals surface area contributed by atoms with Gasteiger partial charge in [-0.25, -0.2) is 0 Å². The minimum atomic E-state index is -0.116. The smallest absolute Gasteiger partial charge is 0.191 e. The van der Waals surface area contributed by atoms with Crippen LogP contribution < -0.4 is 15.5 Å². The van der Waals surface area contributed by atoms with E-state index >= 15 is 0 Å². The standard InChI is InChI=1S/C21H29ClN4OS/c1-3-23-21(24-15-19(27-2)16-6-4-7-17(22)14-16)25-18-9-11-26(12-10-18)20-8-5-13-28-20/h4-8,13-14,18-19H,3,9-12,15H2,1-2H3,(H2,23,24,25). The normalized spacial score (nSPS) is 16.8. The monoisotopic (exact) mass is 420 g/mol. The fourth-order valence-corrected chi connectivity index (χ4v) is 4.39. The molecule has 0 aliphatic carbocycles. The molecule has 1 aliphatic rings. The highest BCUT2D eigenvalue weighted by atomic mass is 35.5. The van der Waals surface area contributed by atoms with E-state index in [9.17, 15) is 0 Å². The topological polar surface area (TPSA) is 48.9 Å². The molecule has 2 heterocycles. The number of halogens is 1. The predicted molar refractivity (Wildman–Crippen MR) is 120 cm³/mol. The lowest BCUT2D eigenvalue weighted by Gasteiger charge is -2.33.